The molecular formula is C19H25N3O3. The first-order valence-electron chi connectivity index (χ1n) is 8.11. The number of guanidine groups is 1. The monoisotopic (exact) mass is 343 g/mol. The summed E-state index contributed by atoms with van der Waals surface area (Å²) < 4.78 is 16.2. The Labute approximate surface area is 148 Å². The fourth-order valence-corrected chi connectivity index (χ4v) is 2.27. The molecule has 6 nitrogen and oxygen atoms in total. The number of hydrogen-bond donors (Lipinski definition) is 2. The third kappa shape index (κ3) is 5.60. The van der Waals surface area contributed by atoms with Gasteiger partial charge in [-0.15, -0.1) is 0 Å². The Balaban J connectivity index is 1.79. The average molecular weight is 343 g/mol. The molecule has 0 aliphatic carbocycles. The van der Waals surface area contributed by atoms with Crippen LogP contribution in [0.15, 0.2) is 47.5 Å². The highest BCUT2D eigenvalue weighted by atomic mass is 16.5. The van der Waals surface area contributed by atoms with Crippen molar-refractivity contribution >= 4 is 11.6 Å². The number of ether oxygens (including phenoxy) is 3. The highest BCUT2D eigenvalue weighted by Crippen LogP contribution is 2.29. The summed E-state index contributed by atoms with van der Waals surface area (Å²) in [6, 6.07) is 13.4. The van der Waals surface area contributed by atoms with Crippen LogP contribution in [0.5, 0.6) is 17.2 Å². The summed E-state index contributed by atoms with van der Waals surface area (Å²) in [6.45, 7) is 3.20. The van der Waals surface area contributed by atoms with Crippen LogP contribution in [0.25, 0.3) is 0 Å². The molecule has 0 amide bonds. The second kappa shape index (κ2) is 9.42. The molecule has 0 saturated heterocycles. The number of rotatable bonds is 8. The molecule has 2 aromatic rings. The highest BCUT2D eigenvalue weighted by molar-refractivity contribution is 5.92. The summed E-state index contributed by atoms with van der Waals surface area (Å²) in [5, 5.41) is 3.04. The maximum Gasteiger partial charge on any atom is 0.193 e. The number of methoxy groups -OCH3 is 2. The lowest BCUT2D eigenvalue weighted by Gasteiger charge is -2.11. The van der Waals surface area contributed by atoms with Crippen LogP contribution in [0.4, 0.5) is 5.69 Å². The summed E-state index contributed by atoms with van der Waals surface area (Å²) >= 11 is 0. The minimum absolute atomic E-state index is 0.350. The quantitative estimate of drug-likeness (QED) is 0.437. The second-order valence-electron chi connectivity index (χ2n) is 5.43. The van der Waals surface area contributed by atoms with Crippen molar-refractivity contribution in [3.63, 3.8) is 0 Å². The fraction of sp³-hybridized carbons (Fsp3) is 0.316. The molecule has 2 aromatic carbocycles. The minimum Gasteiger partial charge on any atom is -0.493 e. The molecule has 0 aliphatic heterocycles. The van der Waals surface area contributed by atoms with E-state index >= 15 is 0 Å². The van der Waals surface area contributed by atoms with Gasteiger partial charge in [-0.2, -0.15) is 0 Å². The molecule has 0 aliphatic rings. The first kappa shape index (κ1) is 18.4. The van der Waals surface area contributed by atoms with Crippen LogP contribution in [0, 0.1) is 6.92 Å². The van der Waals surface area contributed by atoms with Crippen LogP contribution in [0.3, 0.4) is 0 Å². The maximum atomic E-state index is 5.91. The number of anilines is 1. The van der Waals surface area contributed by atoms with Gasteiger partial charge in [-0.05, 0) is 30.7 Å². The van der Waals surface area contributed by atoms with Crippen LogP contribution in [-0.4, -0.2) is 33.3 Å². The lowest BCUT2D eigenvalue weighted by Crippen LogP contribution is -2.23. The Morgan fingerprint density at radius 2 is 1.80 bits per heavy atom. The number of nitrogens with one attached hydrogen (secondary N) is 1. The summed E-state index contributed by atoms with van der Waals surface area (Å²) in [4.78, 5) is 4.30. The van der Waals surface area contributed by atoms with Gasteiger partial charge in [-0.25, -0.2) is 0 Å². The molecule has 0 radical (unpaired) electrons. The van der Waals surface area contributed by atoms with Crippen molar-refractivity contribution in [1.82, 2.24) is 0 Å². The Hall–Kier alpha value is -2.89. The van der Waals surface area contributed by atoms with Gasteiger partial charge in [0.25, 0.3) is 0 Å². The number of aryl methyl sites for hydroxylation is 1. The van der Waals surface area contributed by atoms with Gasteiger partial charge >= 0.3 is 0 Å². The molecule has 134 valence electrons. The largest absolute Gasteiger partial charge is 0.493 e. The first-order valence-corrected chi connectivity index (χ1v) is 8.11. The van der Waals surface area contributed by atoms with Gasteiger partial charge in [0.1, 0.15) is 5.75 Å². The van der Waals surface area contributed by atoms with Gasteiger partial charge in [-0.1, -0.05) is 18.2 Å². The number of nitrogens with zero attached hydrogens (tertiary/aromatic N) is 1. The second-order valence-corrected chi connectivity index (χ2v) is 5.43. The Bertz CT molecular complexity index is 717. The van der Waals surface area contributed by atoms with Crippen molar-refractivity contribution in [3.05, 3.63) is 48.0 Å². The van der Waals surface area contributed by atoms with E-state index < -0.39 is 0 Å². The predicted octanol–water partition coefficient (Wildman–Crippen LogP) is 3.21. The number of aliphatic imine (C=N–C) groups is 1. The molecule has 0 aromatic heterocycles. The van der Waals surface area contributed by atoms with E-state index in [1.54, 1.807) is 14.2 Å². The van der Waals surface area contributed by atoms with Gasteiger partial charge in [0.15, 0.2) is 17.5 Å². The number of benzene rings is 2. The standard InChI is InChI=1S/C19H25N3O3/c1-14-7-4-5-8-16(14)25-12-6-11-21-19(20)22-15-9-10-17(23-2)18(13-15)24-3/h4-5,7-10,13H,6,11-12H2,1-3H3,(H3,20,21,22). The van der Waals surface area contributed by atoms with Gasteiger partial charge in [0, 0.05) is 24.7 Å². The SMILES string of the molecule is COc1ccc(NC(N)=NCCCOc2ccccc2C)cc1OC. The molecule has 25 heavy (non-hydrogen) atoms. The summed E-state index contributed by atoms with van der Waals surface area (Å²) in [6.07, 6.45) is 0.780. The fourth-order valence-electron chi connectivity index (χ4n) is 2.27. The number of hydrogen-bond acceptors (Lipinski definition) is 4. The Kier molecular flexibility index (Phi) is 6.95. The summed E-state index contributed by atoms with van der Waals surface area (Å²) in [7, 11) is 3.19. The van der Waals surface area contributed by atoms with Crippen molar-refractivity contribution < 1.29 is 14.2 Å². The Morgan fingerprint density at radius 1 is 1.04 bits per heavy atom. The molecule has 2 rings (SSSR count). The van der Waals surface area contributed by atoms with Crippen LogP contribution in [0.1, 0.15) is 12.0 Å². The van der Waals surface area contributed by atoms with Gasteiger partial charge in [-0.3, -0.25) is 4.99 Å². The van der Waals surface area contributed by atoms with Crippen molar-refractivity contribution in [1.29, 1.82) is 0 Å². The van der Waals surface area contributed by atoms with E-state index in [2.05, 4.69) is 10.3 Å². The molecule has 3 N–H and O–H groups in total. The third-order valence-corrected chi connectivity index (χ3v) is 3.59. The molecule has 6 heteroatoms. The molecule has 0 atom stereocenters. The van der Waals surface area contributed by atoms with Crippen LogP contribution < -0.4 is 25.3 Å². The van der Waals surface area contributed by atoms with E-state index in [9.17, 15) is 0 Å². The van der Waals surface area contributed by atoms with Gasteiger partial charge in [0.05, 0.1) is 20.8 Å². The molecule has 0 heterocycles. The lowest BCUT2D eigenvalue weighted by atomic mass is 10.2. The van der Waals surface area contributed by atoms with Gasteiger partial charge in [0.2, 0.25) is 0 Å². The van der Waals surface area contributed by atoms with E-state index in [1.807, 2.05) is 49.4 Å². The van der Waals surface area contributed by atoms with Crippen LogP contribution >= 0.6 is 0 Å². The topological polar surface area (TPSA) is 78.1 Å². The molecule has 0 spiro atoms. The van der Waals surface area contributed by atoms with Crippen molar-refractivity contribution in [2.24, 2.45) is 10.7 Å². The van der Waals surface area contributed by atoms with E-state index in [0.717, 1.165) is 23.4 Å². The Morgan fingerprint density at radius 3 is 2.52 bits per heavy atom. The highest BCUT2D eigenvalue weighted by Gasteiger charge is 2.05. The molecule has 0 unspecified atom stereocenters. The first-order chi connectivity index (χ1) is 12.1. The maximum absolute atomic E-state index is 5.91. The zero-order valence-electron chi connectivity index (χ0n) is 14.9. The average Bonchev–Trinajstić information content (AvgIpc) is 2.62. The van der Waals surface area contributed by atoms with Crippen LogP contribution in [0.2, 0.25) is 0 Å². The third-order valence-electron chi connectivity index (χ3n) is 3.59. The van der Waals surface area contributed by atoms with Crippen molar-refractivity contribution in [2.45, 2.75) is 13.3 Å². The van der Waals surface area contributed by atoms with Crippen molar-refractivity contribution in [2.75, 3.05) is 32.7 Å². The van der Waals surface area contributed by atoms with Crippen molar-refractivity contribution in [3.8, 4) is 17.2 Å². The molecule has 0 bridgehead atoms. The van der Waals surface area contributed by atoms with E-state index in [0.29, 0.717) is 30.6 Å². The molecular weight excluding hydrogens is 318 g/mol. The normalized spacial score (nSPS) is 11.1. The molecule has 0 fully saturated rings. The predicted molar refractivity (Wildman–Crippen MR) is 101 cm³/mol. The minimum atomic E-state index is 0.350. The lowest BCUT2D eigenvalue weighted by molar-refractivity contribution is 0.311. The summed E-state index contributed by atoms with van der Waals surface area (Å²) in [5.74, 6) is 2.55. The zero-order chi connectivity index (χ0) is 18.1. The smallest absolute Gasteiger partial charge is 0.193 e. The zero-order valence-corrected chi connectivity index (χ0v) is 14.9. The van der Waals surface area contributed by atoms with E-state index in [1.165, 1.54) is 0 Å². The summed E-state index contributed by atoms with van der Waals surface area (Å²) in [5.41, 5.74) is 7.82. The van der Waals surface area contributed by atoms with Crippen LogP contribution in [-0.2, 0) is 0 Å². The number of para-hydroxylation sites is 1. The van der Waals surface area contributed by atoms with E-state index in [-0.39, 0.29) is 0 Å². The van der Waals surface area contributed by atoms with E-state index in [4.69, 9.17) is 19.9 Å². The molecule has 0 saturated carbocycles. The van der Waals surface area contributed by atoms with Gasteiger partial charge < -0.3 is 25.3 Å². The number of nitrogens with two attached hydrogens (primary N) is 1.